The van der Waals surface area contributed by atoms with E-state index in [2.05, 4.69) is 5.10 Å². The number of rotatable bonds is 6. The molecule has 1 aliphatic rings. The number of carbonyl (C=O) groups is 2. The van der Waals surface area contributed by atoms with Crippen molar-refractivity contribution in [3.63, 3.8) is 0 Å². The zero-order valence-corrected chi connectivity index (χ0v) is 20.8. The summed E-state index contributed by atoms with van der Waals surface area (Å²) in [6, 6.07) is 17.8. The first-order valence-electron chi connectivity index (χ1n) is 11.3. The van der Waals surface area contributed by atoms with E-state index in [1.165, 1.54) is 12.1 Å². The Hall–Kier alpha value is -3.85. The van der Waals surface area contributed by atoms with Crippen molar-refractivity contribution >= 4 is 29.1 Å². The molecule has 0 saturated heterocycles. The fourth-order valence-electron chi connectivity index (χ4n) is 4.01. The van der Waals surface area contributed by atoms with Crippen LogP contribution in [0.5, 0.6) is 5.75 Å². The number of hydrogen-bond donors (Lipinski definition) is 0. The smallest absolute Gasteiger partial charge is 0.416 e. The van der Waals surface area contributed by atoms with Crippen molar-refractivity contribution in [1.29, 1.82) is 0 Å². The molecule has 0 aromatic heterocycles. The van der Waals surface area contributed by atoms with Crippen molar-refractivity contribution in [3.05, 3.63) is 100 Å². The highest BCUT2D eigenvalue weighted by Crippen LogP contribution is 2.34. The molecule has 0 aliphatic carbocycles. The Bertz CT molecular complexity index is 1310. The number of carbonyl (C=O) groups excluding carboxylic acids is 2. The van der Waals surface area contributed by atoms with Crippen molar-refractivity contribution in [3.8, 4) is 5.75 Å². The summed E-state index contributed by atoms with van der Waals surface area (Å²) in [4.78, 5) is 27.3. The third kappa shape index (κ3) is 5.94. The summed E-state index contributed by atoms with van der Waals surface area (Å²) >= 11 is 6.04. The van der Waals surface area contributed by atoms with Gasteiger partial charge >= 0.3 is 6.18 Å². The fourth-order valence-corrected chi connectivity index (χ4v) is 4.14. The molecule has 1 atom stereocenters. The van der Waals surface area contributed by atoms with Gasteiger partial charge in [-0.25, -0.2) is 5.01 Å². The maximum atomic E-state index is 13.3. The number of alkyl halides is 3. The van der Waals surface area contributed by atoms with Gasteiger partial charge in [-0.2, -0.15) is 18.3 Å². The molecule has 6 nitrogen and oxygen atoms in total. The van der Waals surface area contributed by atoms with Crippen molar-refractivity contribution in [2.24, 2.45) is 5.10 Å². The zero-order chi connectivity index (χ0) is 26.7. The molecule has 1 aliphatic heterocycles. The van der Waals surface area contributed by atoms with Gasteiger partial charge in [-0.1, -0.05) is 23.7 Å². The topological polar surface area (TPSA) is 62.2 Å². The Kier molecular flexibility index (Phi) is 7.54. The Morgan fingerprint density at radius 3 is 2.22 bits per heavy atom. The van der Waals surface area contributed by atoms with E-state index in [0.717, 1.165) is 40.3 Å². The van der Waals surface area contributed by atoms with E-state index in [4.69, 9.17) is 16.3 Å². The number of nitrogens with zero attached hydrogens (tertiary/aromatic N) is 3. The average Bonchev–Trinajstić information content (AvgIpc) is 3.34. The second kappa shape index (κ2) is 10.6. The molecule has 1 heterocycles. The second-order valence-corrected chi connectivity index (χ2v) is 8.96. The first-order chi connectivity index (χ1) is 17.6. The Balaban J connectivity index is 1.55. The van der Waals surface area contributed by atoms with Crippen LogP contribution >= 0.6 is 11.6 Å². The van der Waals surface area contributed by atoms with Gasteiger partial charge in [-0.15, -0.1) is 0 Å². The first-order valence-corrected chi connectivity index (χ1v) is 11.7. The predicted molar refractivity (Wildman–Crippen MR) is 134 cm³/mol. The quantitative estimate of drug-likeness (QED) is 0.404. The van der Waals surface area contributed by atoms with Crippen LogP contribution in [-0.4, -0.2) is 48.1 Å². The Morgan fingerprint density at radius 2 is 1.65 bits per heavy atom. The summed E-state index contributed by atoms with van der Waals surface area (Å²) in [7, 11) is 2.99. The minimum atomic E-state index is -4.50. The molecule has 3 aromatic rings. The lowest BCUT2D eigenvalue weighted by atomic mass is 9.98. The third-order valence-corrected chi connectivity index (χ3v) is 6.27. The molecular weight excluding hydrogens is 507 g/mol. The summed E-state index contributed by atoms with van der Waals surface area (Å²) in [5, 5.41) is 6.48. The van der Waals surface area contributed by atoms with E-state index in [0.29, 0.717) is 22.9 Å². The van der Waals surface area contributed by atoms with E-state index in [1.807, 2.05) is 24.3 Å². The molecule has 3 aromatic carbocycles. The number of ether oxygens (including phenoxy) is 1. The monoisotopic (exact) mass is 529 g/mol. The van der Waals surface area contributed by atoms with Gasteiger partial charge in [0, 0.05) is 24.1 Å². The van der Waals surface area contributed by atoms with E-state index in [9.17, 15) is 22.8 Å². The summed E-state index contributed by atoms with van der Waals surface area (Å²) in [5.74, 6) is -0.331. The van der Waals surface area contributed by atoms with Crippen molar-refractivity contribution < 1.29 is 27.5 Å². The molecule has 0 fully saturated rings. The van der Waals surface area contributed by atoms with Crippen LogP contribution in [0.2, 0.25) is 5.02 Å². The summed E-state index contributed by atoms with van der Waals surface area (Å²) in [6.45, 7) is -0.316. The van der Waals surface area contributed by atoms with E-state index < -0.39 is 29.6 Å². The van der Waals surface area contributed by atoms with Gasteiger partial charge in [0.2, 0.25) is 0 Å². The van der Waals surface area contributed by atoms with Crippen molar-refractivity contribution in [2.75, 3.05) is 20.7 Å². The number of hydrogen-bond acceptors (Lipinski definition) is 4. The zero-order valence-electron chi connectivity index (χ0n) is 20.0. The third-order valence-electron chi connectivity index (χ3n) is 6.02. The van der Waals surface area contributed by atoms with Crippen LogP contribution in [0, 0.1) is 0 Å². The van der Waals surface area contributed by atoms with Crippen LogP contribution in [0.15, 0.2) is 77.9 Å². The molecule has 0 spiro atoms. The SMILES string of the molecule is COc1ccc(C2=NN(C(=O)CN(C)C(=O)c3ccc(C(F)(F)F)cc3)[C@H](c3ccc(Cl)cc3)C2)cc1. The molecule has 192 valence electrons. The highest BCUT2D eigenvalue weighted by molar-refractivity contribution is 6.30. The molecule has 0 saturated carbocycles. The highest BCUT2D eigenvalue weighted by atomic mass is 35.5. The maximum Gasteiger partial charge on any atom is 0.416 e. The number of hydrazone groups is 1. The lowest BCUT2D eigenvalue weighted by Crippen LogP contribution is -2.39. The highest BCUT2D eigenvalue weighted by Gasteiger charge is 2.34. The fraction of sp³-hybridized carbons (Fsp3) is 0.222. The largest absolute Gasteiger partial charge is 0.497 e. The summed E-state index contributed by atoms with van der Waals surface area (Å²) in [5.41, 5.74) is 1.52. The molecule has 0 unspecified atom stereocenters. The van der Waals surface area contributed by atoms with Crippen molar-refractivity contribution in [1.82, 2.24) is 9.91 Å². The van der Waals surface area contributed by atoms with Gasteiger partial charge in [0.1, 0.15) is 12.3 Å². The predicted octanol–water partition coefficient (Wildman–Crippen LogP) is 5.82. The van der Waals surface area contributed by atoms with Gasteiger partial charge in [0.05, 0.1) is 24.4 Å². The number of likely N-dealkylation sites (N-methyl/N-ethyl adjacent to an activating group) is 1. The van der Waals surface area contributed by atoms with Crippen molar-refractivity contribution in [2.45, 2.75) is 18.6 Å². The van der Waals surface area contributed by atoms with Crippen LogP contribution < -0.4 is 4.74 Å². The molecule has 10 heteroatoms. The molecular formula is C27H23ClF3N3O3. The molecule has 37 heavy (non-hydrogen) atoms. The van der Waals surface area contributed by atoms with E-state index in [-0.39, 0.29) is 12.1 Å². The maximum absolute atomic E-state index is 13.3. The standard InChI is InChI=1S/C27H23ClF3N3O3/c1-33(26(36)19-3-9-20(10-4-19)27(29,30)31)16-25(35)34-24(18-5-11-21(28)12-6-18)15-23(32-34)17-7-13-22(37-2)14-8-17/h3-14,24H,15-16H2,1-2H3/t24-/m0/s1. The van der Waals surface area contributed by atoms with Crippen LogP contribution in [0.4, 0.5) is 13.2 Å². The number of halogens is 4. The van der Waals surface area contributed by atoms with Gasteiger partial charge in [-0.05, 0) is 71.8 Å². The molecule has 0 radical (unpaired) electrons. The normalized spacial score (nSPS) is 15.4. The second-order valence-electron chi connectivity index (χ2n) is 8.52. The molecule has 0 N–H and O–H groups in total. The van der Waals surface area contributed by atoms with Gasteiger partial charge < -0.3 is 9.64 Å². The minimum absolute atomic E-state index is 0.0430. The van der Waals surface area contributed by atoms with Crippen LogP contribution in [0.3, 0.4) is 0 Å². The summed E-state index contributed by atoms with van der Waals surface area (Å²) in [6.07, 6.45) is -4.06. The number of amides is 2. The number of methoxy groups -OCH3 is 1. The van der Waals surface area contributed by atoms with Crippen LogP contribution in [0.25, 0.3) is 0 Å². The minimum Gasteiger partial charge on any atom is -0.497 e. The Labute approximate surface area is 216 Å². The molecule has 0 bridgehead atoms. The molecule has 2 amide bonds. The van der Waals surface area contributed by atoms with Gasteiger partial charge in [0.25, 0.3) is 11.8 Å². The van der Waals surface area contributed by atoms with E-state index in [1.54, 1.807) is 31.4 Å². The number of benzene rings is 3. The molecule has 4 rings (SSSR count). The Morgan fingerprint density at radius 1 is 1.03 bits per heavy atom. The average molecular weight is 530 g/mol. The first kappa shape index (κ1) is 26.2. The van der Waals surface area contributed by atoms with E-state index >= 15 is 0 Å². The van der Waals surface area contributed by atoms with Crippen LogP contribution in [0.1, 0.15) is 39.5 Å². The lowest BCUT2D eigenvalue weighted by Gasteiger charge is -2.25. The van der Waals surface area contributed by atoms with Crippen LogP contribution in [-0.2, 0) is 11.0 Å². The lowest BCUT2D eigenvalue weighted by molar-refractivity contribution is -0.137. The van der Waals surface area contributed by atoms with Gasteiger partial charge in [0.15, 0.2) is 0 Å². The van der Waals surface area contributed by atoms with Gasteiger partial charge in [-0.3, -0.25) is 9.59 Å². The summed E-state index contributed by atoms with van der Waals surface area (Å²) < 4.78 is 43.7.